The summed E-state index contributed by atoms with van der Waals surface area (Å²) in [7, 11) is 0. The van der Waals surface area contributed by atoms with Crippen molar-refractivity contribution in [2.75, 3.05) is 18.4 Å². The Morgan fingerprint density at radius 3 is 2.52 bits per heavy atom. The first-order chi connectivity index (χ1) is 13.0. The Kier molecular flexibility index (Phi) is 5.97. The van der Waals surface area contributed by atoms with E-state index in [2.05, 4.69) is 29.4 Å². The number of amides is 1. The minimum Gasteiger partial charge on any atom is -0.377 e. The molecule has 4 nitrogen and oxygen atoms in total. The quantitative estimate of drug-likeness (QED) is 0.609. The van der Waals surface area contributed by atoms with Crippen LogP contribution in [0.3, 0.4) is 0 Å². The molecule has 0 aliphatic heterocycles. The molecule has 0 fully saturated rings. The van der Waals surface area contributed by atoms with Gasteiger partial charge in [-0.25, -0.2) is 0 Å². The van der Waals surface area contributed by atoms with E-state index < -0.39 is 0 Å². The molecule has 5 heteroatoms. The number of nitrogens with zero attached hydrogens (tertiary/aromatic N) is 2. The van der Waals surface area contributed by atoms with E-state index in [1.54, 1.807) is 11.1 Å². The van der Waals surface area contributed by atoms with Crippen molar-refractivity contribution < 1.29 is 4.79 Å². The number of anilines is 1. The van der Waals surface area contributed by atoms with Gasteiger partial charge in [-0.3, -0.25) is 9.78 Å². The largest absolute Gasteiger partial charge is 0.377 e. The number of rotatable bonds is 6. The van der Waals surface area contributed by atoms with E-state index in [1.165, 1.54) is 0 Å². The van der Waals surface area contributed by atoms with Crippen LogP contribution in [0.2, 0.25) is 5.02 Å². The Morgan fingerprint density at radius 2 is 1.85 bits per heavy atom. The number of halogens is 1. The number of carbonyl (C=O) groups is 1. The zero-order valence-corrected chi connectivity index (χ0v) is 16.6. The van der Waals surface area contributed by atoms with Crippen molar-refractivity contribution in [2.24, 2.45) is 0 Å². The highest BCUT2D eigenvalue weighted by atomic mass is 35.5. The number of hydrogen-bond acceptors (Lipinski definition) is 3. The average Bonchev–Trinajstić information content (AvgIpc) is 2.69. The molecule has 1 atom stereocenters. The van der Waals surface area contributed by atoms with Gasteiger partial charge in [0.15, 0.2) is 0 Å². The van der Waals surface area contributed by atoms with Gasteiger partial charge in [0.2, 0.25) is 0 Å². The van der Waals surface area contributed by atoms with Gasteiger partial charge in [-0.1, -0.05) is 41.9 Å². The minimum atomic E-state index is -0.0304. The third-order valence-corrected chi connectivity index (χ3v) is 5.01. The smallest absolute Gasteiger partial charge is 0.257 e. The van der Waals surface area contributed by atoms with Crippen LogP contribution in [0, 0.1) is 0 Å². The van der Waals surface area contributed by atoms with Gasteiger partial charge < -0.3 is 10.2 Å². The van der Waals surface area contributed by atoms with Crippen molar-refractivity contribution in [1.29, 1.82) is 0 Å². The Balaban J connectivity index is 2.12. The normalized spacial score (nSPS) is 12.0. The first-order valence-electron chi connectivity index (χ1n) is 9.24. The van der Waals surface area contributed by atoms with Crippen LogP contribution in [-0.2, 0) is 0 Å². The maximum Gasteiger partial charge on any atom is 0.257 e. The van der Waals surface area contributed by atoms with E-state index in [9.17, 15) is 4.79 Å². The third kappa shape index (κ3) is 4.06. The van der Waals surface area contributed by atoms with E-state index in [0.29, 0.717) is 23.7 Å². The fraction of sp³-hybridized carbons (Fsp3) is 0.273. The van der Waals surface area contributed by atoms with Crippen LogP contribution in [0.5, 0.6) is 0 Å². The predicted octanol–water partition coefficient (Wildman–Crippen LogP) is 5.54. The maximum absolute atomic E-state index is 13.1. The van der Waals surface area contributed by atoms with E-state index in [4.69, 9.17) is 11.6 Å². The van der Waals surface area contributed by atoms with Crippen molar-refractivity contribution in [3.8, 4) is 0 Å². The van der Waals surface area contributed by atoms with Crippen molar-refractivity contribution in [2.45, 2.75) is 26.8 Å². The number of benzene rings is 2. The van der Waals surface area contributed by atoms with Crippen LogP contribution in [-0.4, -0.2) is 28.9 Å². The van der Waals surface area contributed by atoms with Crippen LogP contribution >= 0.6 is 11.6 Å². The van der Waals surface area contributed by atoms with Crippen LogP contribution in [0.15, 0.2) is 54.7 Å². The molecular formula is C22H24ClN3O. The van der Waals surface area contributed by atoms with Crippen LogP contribution in [0.25, 0.3) is 10.9 Å². The number of hydrogen-bond donors (Lipinski definition) is 1. The summed E-state index contributed by atoms with van der Waals surface area (Å²) in [6.07, 6.45) is 1.66. The summed E-state index contributed by atoms with van der Waals surface area (Å²) >= 11 is 6.24. The van der Waals surface area contributed by atoms with E-state index in [0.717, 1.165) is 22.2 Å². The molecule has 0 saturated carbocycles. The molecule has 0 unspecified atom stereocenters. The van der Waals surface area contributed by atoms with Gasteiger partial charge in [0, 0.05) is 35.7 Å². The lowest BCUT2D eigenvalue weighted by atomic mass is 10.0. The Bertz CT molecular complexity index is 939. The molecule has 0 saturated heterocycles. The number of pyridine rings is 1. The highest BCUT2D eigenvalue weighted by Gasteiger charge is 2.21. The van der Waals surface area contributed by atoms with Gasteiger partial charge in [-0.05, 0) is 44.5 Å². The topological polar surface area (TPSA) is 45.2 Å². The lowest BCUT2D eigenvalue weighted by Crippen LogP contribution is -2.31. The number of carbonyl (C=O) groups excluding carboxylic acids is 1. The summed E-state index contributed by atoms with van der Waals surface area (Å²) in [6, 6.07) is 15.7. The fourth-order valence-corrected chi connectivity index (χ4v) is 3.38. The highest BCUT2D eigenvalue weighted by molar-refractivity contribution is 6.31. The van der Waals surface area contributed by atoms with Gasteiger partial charge in [-0.2, -0.15) is 0 Å². The molecular weight excluding hydrogens is 358 g/mol. The van der Waals surface area contributed by atoms with Gasteiger partial charge in [0.25, 0.3) is 5.91 Å². The zero-order valence-electron chi connectivity index (χ0n) is 15.9. The van der Waals surface area contributed by atoms with Crippen LogP contribution in [0.1, 0.15) is 42.7 Å². The van der Waals surface area contributed by atoms with Crippen molar-refractivity contribution in [3.05, 3.63) is 70.9 Å². The summed E-state index contributed by atoms with van der Waals surface area (Å²) in [5.74, 6) is -0.0304. The Labute approximate surface area is 165 Å². The summed E-state index contributed by atoms with van der Waals surface area (Å²) < 4.78 is 0. The minimum absolute atomic E-state index is 0.0269. The molecule has 0 aliphatic rings. The zero-order chi connectivity index (χ0) is 19.4. The number of nitrogens with one attached hydrogen (secondary N) is 1. The molecule has 140 valence electrons. The molecule has 0 radical (unpaired) electrons. The Hall–Kier alpha value is -2.59. The summed E-state index contributed by atoms with van der Waals surface area (Å²) in [4.78, 5) is 19.4. The van der Waals surface area contributed by atoms with Crippen molar-refractivity contribution >= 4 is 34.1 Å². The van der Waals surface area contributed by atoms with Gasteiger partial charge in [0.05, 0.1) is 16.8 Å². The summed E-state index contributed by atoms with van der Waals surface area (Å²) in [5.41, 5.74) is 3.29. The second-order valence-electron chi connectivity index (χ2n) is 6.46. The number of fused-ring (bicyclic) bond motifs is 1. The van der Waals surface area contributed by atoms with Gasteiger partial charge in [-0.15, -0.1) is 0 Å². The molecule has 1 aromatic heterocycles. The molecule has 0 spiro atoms. The van der Waals surface area contributed by atoms with E-state index in [-0.39, 0.29) is 11.9 Å². The van der Waals surface area contributed by atoms with E-state index >= 15 is 0 Å². The first kappa shape index (κ1) is 19.2. The van der Waals surface area contributed by atoms with Crippen LogP contribution < -0.4 is 5.32 Å². The molecule has 27 heavy (non-hydrogen) atoms. The molecule has 2 aromatic carbocycles. The molecule has 1 N–H and O–H groups in total. The van der Waals surface area contributed by atoms with Gasteiger partial charge in [0.1, 0.15) is 0 Å². The molecule has 0 aliphatic carbocycles. The molecule has 3 aromatic rings. The lowest BCUT2D eigenvalue weighted by Gasteiger charge is -2.24. The van der Waals surface area contributed by atoms with Crippen molar-refractivity contribution in [3.63, 3.8) is 0 Å². The average molecular weight is 382 g/mol. The third-order valence-electron chi connectivity index (χ3n) is 4.77. The number of aromatic nitrogens is 1. The fourth-order valence-electron chi connectivity index (χ4n) is 3.21. The predicted molar refractivity (Wildman–Crippen MR) is 112 cm³/mol. The van der Waals surface area contributed by atoms with Crippen LogP contribution in [0.4, 0.5) is 5.69 Å². The van der Waals surface area contributed by atoms with Gasteiger partial charge >= 0.3 is 0 Å². The second kappa shape index (κ2) is 8.40. The summed E-state index contributed by atoms with van der Waals surface area (Å²) in [5, 5.41) is 5.00. The molecule has 3 rings (SSSR count). The molecule has 1 heterocycles. The second-order valence-corrected chi connectivity index (χ2v) is 6.90. The standard InChI is InChI=1S/C22H24ClN3O/c1-4-26(5-2)22(27)19-14-24-20-12-11-17(23)13-18(20)21(19)25-15(3)16-9-7-6-8-10-16/h6-15H,4-5H2,1-3H3,(H,24,25)/t15-/m1/s1. The Morgan fingerprint density at radius 1 is 1.15 bits per heavy atom. The molecule has 0 bridgehead atoms. The maximum atomic E-state index is 13.1. The SMILES string of the molecule is CCN(CC)C(=O)c1cnc2ccc(Cl)cc2c1N[C@H](C)c1ccccc1. The van der Waals surface area contributed by atoms with E-state index in [1.807, 2.05) is 50.2 Å². The highest BCUT2D eigenvalue weighted by Crippen LogP contribution is 2.32. The van der Waals surface area contributed by atoms with Crippen molar-refractivity contribution in [1.82, 2.24) is 9.88 Å². The monoisotopic (exact) mass is 381 g/mol. The first-order valence-corrected chi connectivity index (χ1v) is 9.62. The lowest BCUT2D eigenvalue weighted by molar-refractivity contribution is 0.0773. The summed E-state index contributed by atoms with van der Waals surface area (Å²) in [6.45, 7) is 7.34. The molecule has 1 amide bonds.